The Morgan fingerprint density at radius 1 is 1.22 bits per heavy atom. The van der Waals surface area contributed by atoms with Gasteiger partial charge in [0.1, 0.15) is 5.66 Å². The minimum Gasteiger partial charge on any atom is -0.328 e. The normalized spacial score (nSPS) is 15.6. The average Bonchev–Trinajstić information content (AvgIpc) is 3.11. The number of halogens is 1. The maximum absolute atomic E-state index is 12.7. The Bertz CT molecular complexity index is 854. The van der Waals surface area contributed by atoms with Crippen LogP contribution in [0, 0.1) is 11.5 Å². The summed E-state index contributed by atoms with van der Waals surface area (Å²) in [7, 11) is 0. The van der Waals surface area contributed by atoms with Crippen LogP contribution in [0.1, 0.15) is 36.0 Å². The van der Waals surface area contributed by atoms with Crippen molar-refractivity contribution in [3.8, 4) is 6.19 Å². The van der Waals surface area contributed by atoms with Gasteiger partial charge in [-0.3, -0.25) is 15.1 Å². The average molecular weight is 383 g/mol. The van der Waals surface area contributed by atoms with E-state index in [0.29, 0.717) is 29.1 Å². The van der Waals surface area contributed by atoms with Crippen molar-refractivity contribution in [2.24, 2.45) is 4.99 Å². The highest BCUT2D eigenvalue weighted by Gasteiger charge is 2.36. The minimum absolute atomic E-state index is 0.227. The van der Waals surface area contributed by atoms with Crippen LogP contribution in [0.15, 0.2) is 53.8 Å². The SMILES string of the molecule is N#CN/C(=N\C1(NC(=O)c2ccc(Cl)cc2)CCCC1)Nc1cccnc1. The molecule has 1 aromatic carbocycles. The summed E-state index contributed by atoms with van der Waals surface area (Å²) < 4.78 is 0. The van der Waals surface area contributed by atoms with Gasteiger partial charge in [0.2, 0.25) is 5.96 Å². The lowest BCUT2D eigenvalue weighted by molar-refractivity contribution is 0.0904. The van der Waals surface area contributed by atoms with E-state index in [4.69, 9.17) is 16.9 Å². The van der Waals surface area contributed by atoms with Crippen LogP contribution in [0.3, 0.4) is 0 Å². The lowest BCUT2D eigenvalue weighted by Gasteiger charge is -2.27. The van der Waals surface area contributed by atoms with Crippen molar-refractivity contribution in [1.82, 2.24) is 15.6 Å². The molecule has 1 aromatic heterocycles. The number of nitrogens with zero attached hydrogens (tertiary/aromatic N) is 3. The van der Waals surface area contributed by atoms with E-state index >= 15 is 0 Å². The third-order valence-corrected chi connectivity index (χ3v) is 4.56. The molecule has 2 aromatic rings. The molecule has 1 saturated carbocycles. The van der Waals surface area contributed by atoms with Crippen LogP contribution in [0.4, 0.5) is 5.69 Å². The molecule has 1 aliphatic rings. The van der Waals surface area contributed by atoms with Crippen LogP contribution in [-0.4, -0.2) is 22.5 Å². The molecular weight excluding hydrogens is 364 g/mol. The molecule has 8 heteroatoms. The van der Waals surface area contributed by atoms with Gasteiger partial charge in [0, 0.05) is 16.8 Å². The maximum Gasteiger partial charge on any atom is 0.253 e. The van der Waals surface area contributed by atoms with Crippen molar-refractivity contribution in [1.29, 1.82) is 5.26 Å². The molecular formula is C19H19ClN6O. The number of aromatic nitrogens is 1. The smallest absolute Gasteiger partial charge is 0.253 e. The molecule has 138 valence electrons. The fraction of sp³-hybridized carbons (Fsp3) is 0.263. The number of nitrogens with one attached hydrogen (secondary N) is 3. The number of aliphatic imine (C=N–C) groups is 1. The zero-order chi connectivity index (χ0) is 19.1. The monoisotopic (exact) mass is 382 g/mol. The fourth-order valence-electron chi connectivity index (χ4n) is 3.04. The van der Waals surface area contributed by atoms with Crippen LogP contribution in [0.25, 0.3) is 0 Å². The zero-order valence-electron chi connectivity index (χ0n) is 14.6. The number of pyridine rings is 1. The van der Waals surface area contributed by atoms with E-state index in [1.54, 1.807) is 42.7 Å². The van der Waals surface area contributed by atoms with Gasteiger partial charge in [0.25, 0.3) is 5.91 Å². The number of rotatable bonds is 4. The first-order chi connectivity index (χ1) is 13.1. The van der Waals surface area contributed by atoms with Crippen LogP contribution in [0.5, 0.6) is 0 Å². The highest BCUT2D eigenvalue weighted by atomic mass is 35.5. The maximum atomic E-state index is 12.7. The van der Waals surface area contributed by atoms with E-state index in [0.717, 1.165) is 12.8 Å². The van der Waals surface area contributed by atoms with E-state index < -0.39 is 5.66 Å². The van der Waals surface area contributed by atoms with Gasteiger partial charge in [0.15, 0.2) is 6.19 Å². The highest BCUT2D eigenvalue weighted by molar-refractivity contribution is 6.30. The number of nitriles is 1. The molecule has 3 N–H and O–H groups in total. The predicted molar refractivity (Wildman–Crippen MR) is 104 cm³/mol. The van der Waals surface area contributed by atoms with Crippen molar-refractivity contribution in [3.63, 3.8) is 0 Å². The van der Waals surface area contributed by atoms with E-state index in [-0.39, 0.29) is 11.9 Å². The van der Waals surface area contributed by atoms with Gasteiger partial charge in [0.05, 0.1) is 11.9 Å². The second-order valence-electron chi connectivity index (χ2n) is 6.26. The Labute approximate surface area is 162 Å². The van der Waals surface area contributed by atoms with Crippen molar-refractivity contribution in [2.75, 3.05) is 5.32 Å². The minimum atomic E-state index is -0.773. The number of hydrogen-bond acceptors (Lipinski definition) is 4. The molecule has 1 heterocycles. The van der Waals surface area contributed by atoms with Crippen LogP contribution < -0.4 is 16.0 Å². The van der Waals surface area contributed by atoms with Crippen LogP contribution >= 0.6 is 11.6 Å². The Hall–Kier alpha value is -3.11. The summed E-state index contributed by atoms with van der Waals surface area (Å²) in [5.41, 5.74) is 0.428. The van der Waals surface area contributed by atoms with Crippen LogP contribution in [0.2, 0.25) is 5.02 Å². The highest BCUT2D eigenvalue weighted by Crippen LogP contribution is 2.31. The summed E-state index contributed by atoms with van der Waals surface area (Å²) in [6, 6.07) is 10.3. The molecule has 1 fully saturated rings. The Kier molecular flexibility index (Phi) is 5.89. The van der Waals surface area contributed by atoms with Gasteiger partial charge in [-0.1, -0.05) is 11.6 Å². The summed E-state index contributed by atoms with van der Waals surface area (Å²) in [4.78, 5) is 21.4. The molecule has 7 nitrogen and oxygen atoms in total. The second-order valence-corrected chi connectivity index (χ2v) is 6.70. The summed E-state index contributed by atoms with van der Waals surface area (Å²) >= 11 is 5.89. The van der Waals surface area contributed by atoms with Gasteiger partial charge in [-0.15, -0.1) is 0 Å². The fourth-order valence-corrected chi connectivity index (χ4v) is 3.16. The number of carbonyl (C=O) groups is 1. The molecule has 0 atom stereocenters. The Morgan fingerprint density at radius 3 is 2.59 bits per heavy atom. The molecule has 0 saturated heterocycles. The quantitative estimate of drug-likeness (QED) is 0.326. The van der Waals surface area contributed by atoms with E-state index in [9.17, 15) is 4.79 Å². The van der Waals surface area contributed by atoms with Gasteiger partial charge in [-0.25, -0.2) is 4.99 Å². The number of amides is 1. The largest absolute Gasteiger partial charge is 0.328 e. The lowest BCUT2D eigenvalue weighted by atomic mass is 10.1. The number of anilines is 1. The number of hydrogen-bond donors (Lipinski definition) is 3. The van der Waals surface area contributed by atoms with Crippen LogP contribution in [-0.2, 0) is 0 Å². The predicted octanol–water partition coefficient (Wildman–Crippen LogP) is 3.27. The molecule has 0 radical (unpaired) electrons. The summed E-state index contributed by atoms with van der Waals surface area (Å²) in [6.45, 7) is 0. The van der Waals surface area contributed by atoms with E-state index in [1.165, 1.54) is 0 Å². The molecule has 3 rings (SSSR count). The summed E-state index contributed by atoms with van der Waals surface area (Å²) in [5, 5.41) is 18.2. The molecule has 1 amide bonds. The van der Waals surface area contributed by atoms with Crippen molar-refractivity contribution < 1.29 is 4.79 Å². The molecule has 1 aliphatic carbocycles. The second kappa shape index (κ2) is 8.52. The topological polar surface area (TPSA) is 102 Å². The number of carbonyl (C=O) groups excluding carboxylic acids is 1. The first-order valence-corrected chi connectivity index (χ1v) is 8.98. The zero-order valence-corrected chi connectivity index (χ0v) is 15.3. The number of guanidine groups is 1. The third-order valence-electron chi connectivity index (χ3n) is 4.31. The Morgan fingerprint density at radius 2 is 1.96 bits per heavy atom. The van der Waals surface area contributed by atoms with E-state index in [1.807, 2.05) is 12.3 Å². The molecule has 0 bridgehead atoms. The molecule has 0 spiro atoms. The molecule has 27 heavy (non-hydrogen) atoms. The van der Waals surface area contributed by atoms with Gasteiger partial charge >= 0.3 is 0 Å². The van der Waals surface area contributed by atoms with Crippen molar-refractivity contribution in [2.45, 2.75) is 31.3 Å². The third kappa shape index (κ3) is 4.96. The first-order valence-electron chi connectivity index (χ1n) is 8.60. The first kappa shape index (κ1) is 18.7. The van der Waals surface area contributed by atoms with Crippen molar-refractivity contribution in [3.05, 3.63) is 59.4 Å². The summed E-state index contributed by atoms with van der Waals surface area (Å²) in [6.07, 6.45) is 8.43. The van der Waals surface area contributed by atoms with Gasteiger partial charge in [-0.05, 0) is 62.1 Å². The molecule has 0 aliphatic heterocycles. The van der Waals surface area contributed by atoms with Crippen molar-refractivity contribution >= 4 is 29.2 Å². The lowest BCUT2D eigenvalue weighted by Crippen LogP contribution is -2.47. The molecule has 0 unspecified atom stereocenters. The van der Waals surface area contributed by atoms with Gasteiger partial charge in [-0.2, -0.15) is 5.26 Å². The summed E-state index contributed by atoms with van der Waals surface area (Å²) in [5.74, 6) is 0.0406. The Balaban J connectivity index is 1.83. The van der Waals surface area contributed by atoms with Gasteiger partial charge < -0.3 is 10.6 Å². The number of benzene rings is 1. The van der Waals surface area contributed by atoms with E-state index in [2.05, 4.69) is 25.9 Å². The standard InChI is InChI=1S/C19H19ClN6O/c20-15-7-5-14(6-8-15)17(27)25-19(9-1-2-10-19)26-18(23-13-21)24-16-4-3-11-22-12-16/h3-8,11-12H,1-2,9-10H2,(H,25,27)(H2,23,24,26).